The lowest BCUT2D eigenvalue weighted by Gasteiger charge is -2.26. The van der Waals surface area contributed by atoms with Crippen molar-refractivity contribution in [2.24, 2.45) is 0 Å². The van der Waals surface area contributed by atoms with Crippen LogP contribution < -0.4 is 0 Å². The summed E-state index contributed by atoms with van der Waals surface area (Å²) >= 11 is 0. The van der Waals surface area contributed by atoms with Crippen LogP contribution in [0.15, 0.2) is 54.6 Å². The van der Waals surface area contributed by atoms with Gasteiger partial charge in [-0.3, -0.25) is 4.79 Å². The molecule has 1 unspecified atom stereocenters. The van der Waals surface area contributed by atoms with E-state index in [2.05, 4.69) is 0 Å². The van der Waals surface area contributed by atoms with Gasteiger partial charge in [0.25, 0.3) is 0 Å². The fourth-order valence-corrected chi connectivity index (χ4v) is 2.04. The Kier molecular flexibility index (Phi) is 3.63. The predicted molar refractivity (Wildman–Crippen MR) is 66.9 cm³/mol. The van der Waals surface area contributed by atoms with Crippen molar-refractivity contribution in [1.29, 1.82) is 0 Å². The lowest BCUT2D eigenvalue weighted by molar-refractivity contribution is -0.141. The van der Waals surface area contributed by atoms with E-state index in [0.29, 0.717) is 0 Å². The summed E-state index contributed by atoms with van der Waals surface area (Å²) in [6, 6.07) is 12.0. The first-order valence-corrected chi connectivity index (χ1v) is 5.80. The van der Waals surface area contributed by atoms with Gasteiger partial charge >= 0.3 is 6.18 Å². The van der Waals surface area contributed by atoms with Crippen LogP contribution >= 0.6 is 0 Å². The number of alkyl halides is 3. The SMILES string of the molecule is O=CC(O)(c1ccccc1)c1ccccc1C(F)(F)F. The van der Waals surface area contributed by atoms with E-state index in [1.165, 1.54) is 24.3 Å². The highest BCUT2D eigenvalue weighted by atomic mass is 19.4. The molecule has 0 spiro atoms. The van der Waals surface area contributed by atoms with Crippen molar-refractivity contribution >= 4 is 6.29 Å². The van der Waals surface area contributed by atoms with Crippen LogP contribution in [0.25, 0.3) is 0 Å². The quantitative estimate of drug-likeness (QED) is 0.877. The van der Waals surface area contributed by atoms with Crippen LogP contribution in [0.4, 0.5) is 13.2 Å². The molecule has 0 aromatic heterocycles. The summed E-state index contributed by atoms with van der Waals surface area (Å²) in [5, 5.41) is 10.4. The Balaban J connectivity index is 2.68. The van der Waals surface area contributed by atoms with E-state index in [1.54, 1.807) is 18.2 Å². The van der Waals surface area contributed by atoms with Gasteiger partial charge in [0.05, 0.1) is 5.56 Å². The van der Waals surface area contributed by atoms with Crippen molar-refractivity contribution in [3.63, 3.8) is 0 Å². The van der Waals surface area contributed by atoms with E-state index >= 15 is 0 Å². The number of carbonyl (C=O) groups excluding carboxylic acids is 1. The third-order valence-electron chi connectivity index (χ3n) is 3.03. The first-order valence-electron chi connectivity index (χ1n) is 5.80. The zero-order valence-electron chi connectivity index (χ0n) is 10.3. The van der Waals surface area contributed by atoms with Gasteiger partial charge in [-0.15, -0.1) is 0 Å². The topological polar surface area (TPSA) is 37.3 Å². The Morgan fingerprint density at radius 1 is 0.850 bits per heavy atom. The molecule has 0 aliphatic rings. The number of aldehydes is 1. The predicted octanol–water partition coefficient (Wildman–Crippen LogP) is 3.14. The number of halogens is 3. The molecule has 1 N–H and O–H groups in total. The Labute approximate surface area is 113 Å². The van der Waals surface area contributed by atoms with Crippen molar-refractivity contribution in [3.8, 4) is 0 Å². The third-order valence-corrected chi connectivity index (χ3v) is 3.03. The number of carbonyl (C=O) groups is 1. The Hall–Kier alpha value is -2.14. The minimum absolute atomic E-state index is 0.0895. The van der Waals surface area contributed by atoms with Gasteiger partial charge in [-0.25, -0.2) is 0 Å². The van der Waals surface area contributed by atoms with Crippen LogP contribution in [0.2, 0.25) is 0 Å². The van der Waals surface area contributed by atoms with E-state index in [1.807, 2.05) is 0 Å². The molecule has 2 rings (SSSR count). The van der Waals surface area contributed by atoms with E-state index in [0.717, 1.165) is 12.1 Å². The van der Waals surface area contributed by atoms with E-state index in [4.69, 9.17) is 0 Å². The number of benzene rings is 2. The van der Waals surface area contributed by atoms with Crippen LogP contribution in [0.3, 0.4) is 0 Å². The van der Waals surface area contributed by atoms with Gasteiger partial charge in [-0.1, -0.05) is 48.5 Å². The monoisotopic (exact) mass is 280 g/mol. The van der Waals surface area contributed by atoms with E-state index in [-0.39, 0.29) is 11.8 Å². The second-order valence-corrected chi connectivity index (χ2v) is 4.29. The molecule has 0 fully saturated rings. The second-order valence-electron chi connectivity index (χ2n) is 4.29. The van der Waals surface area contributed by atoms with Gasteiger partial charge in [0.2, 0.25) is 0 Å². The van der Waals surface area contributed by atoms with Crippen LogP contribution in [-0.2, 0) is 16.6 Å². The molecule has 0 heterocycles. The van der Waals surface area contributed by atoms with Gasteiger partial charge in [0.15, 0.2) is 11.9 Å². The van der Waals surface area contributed by atoms with Crippen molar-refractivity contribution in [1.82, 2.24) is 0 Å². The third kappa shape index (κ3) is 2.44. The summed E-state index contributed by atoms with van der Waals surface area (Å²) in [6.45, 7) is 0. The number of hydrogen-bond donors (Lipinski definition) is 1. The maximum Gasteiger partial charge on any atom is 0.416 e. The van der Waals surface area contributed by atoms with Crippen LogP contribution in [0, 0.1) is 0 Å². The number of rotatable bonds is 3. The highest BCUT2D eigenvalue weighted by molar-refractivity contribution is 5.73. The Bertz CT molecular complexity index is 608. The Morgan fingerprint density at radius 2 is 1.35 bits per heavy atom. The molecule has 2 aromatic carbocycles. The largest absolute Gasteiger partial charge is 0.416 e. The molecule has 2 nitrogen and oxygen atoms in total. The summed E-state index contributed by atoms with van der Waals surface area (Å²) in [5.41, 5.74) is -3.74. The van der Waals surface area contributed by atoms with Gasteiger partial charge in [0, 0.05) is 5.56 Å². The summed E-state index contributed by atoms with van der Waals surface area (Å²) in [5.74, 6) is 0. The number of aliphatic hydroxyl groups is 1. The molecule has 104 valence electrons. The molecule has 1 atom stereocenters. The highest BCUT2D eigenvalue weighted by Crippen LogP contribution is 2.38. The van der Waals surface area contributed by atoms with Crippen molar-refractivity contribution in [3.05, 3.63) is 71.3 Å². The van der Waals surface area contributed by atoms with Gasteiger partial charge < -0.3 is 5.11 Å². The molecule has 0 aliphatic heterocycles. The molecular weight excluding hydrogens is 269 g/mol. The minimum Gasteiger partial charge on any atom is -0.373 e. The second kappa shape index (κ2) is 5.09. The fraction of sp³-hybridized carbons (Fsp3) is 0.133. The summed E-state index contributed by atoms with van der Waals surface area (Å²) in [6.07, 6.45) is -4.53. The molecule has 0 amide bonds. The van der Waals surface area contributed by atoms with E-state index < -0.39 is 22.9 Å². The molecule has 0 bridgehead atoms. The first kappa shape index (κ1) is 14.3. The van der Waals surface area contributed by atoms with Crippen LogP contribution in [0.1, 0.15) is 16.7 Å². The molecular formula is C15H11F3O2. The summed E-state index contributed by atoms with van der Waals surface area (Å²) in [4.78, 5) is 11.3. The minimum atomic E-state index is -4.65. The molecule has 0 saturated carbocycles. The van der Waals surface area contributed by atoms with Gasteiger partial charge in [0.1, 0.15) is 0 Å². The van der Waals surface area contributed by atoms with Crippen molar-refractivity contribution in [2.45, 2.75) is 11.8 Å². The maximum atomic E-state index is 13.0. The van der Waals surface area contributed by atoms with Crippen molar-refractivity contribution < 1.29 is 23.1 Å². The normalized spacial score (nSPS) is 14.6. The van der Waals surface area contributed by atoms with Crippen LogP contribution in [-0.4, -0.2) is 11.4 Å². The van der Waals surface area contributed by atoms with Crippen molar-refractivity contribution in [2.75, 3.05) is 0 Å². The fourth-order valence-electron chi connectivity index (χ4n) is 2.04. The molecule has 0 aliphatic carbocycles. The average molecular weight is 280 g/mol. The highest BCUT2D eigenvalue weighted by Gasteiger charge is 2.41. The van der Waals surface area contributed by atoms with Gasteiger partial charge in [-0.2, -0.15) is 13.2 Å². The summed E-state index contributed by atoms with van der Waals surface area (Å²) in [7, 11) is 0. The average Bonchev–Trinajstić information content (AvgIpc) is 2.46. The number of hydrogen-bond acceptors (Lipinski definition) is 2. The van der Waals surface area contributed by atoms with Gasteiger partial charge in [-0.05, 0) is 11.6 Å². The zero-order chi connectivity index (χ0) is 14.8. The zero-order valence-corrected chi connectivity index (χ0v) is 10.3. The smallest absolute Gasteiger partial charge is 0.373 e. The molecule has 0 radical (unpaired) electrons. The Morgan fingerprint density at radius 3 is 1.85 bits per heavy atom. The van der Waals surface area contributed by atoms with E-state index in [9.17, 15) is 23.1 Å². The van der Waals surface area contributed by atoms with Crippen LogP contribution in [0.5, 0.6) is 0 Å². The molecule has 0 saturated heterocycles. The first-order chi connectivity index (χ1) is 9.39. The lowest BCUT2D eigenvalue weighted by Crippen LogP contribution is -2.32. The summed E-state index contributed by atoms with van der Waals surface area (Å²) < 4.78 is 39.0. The standard InChI is InChI=1S/C15H11F3O2/c16-15(17,18)13-9-5-4-8-12(13)14(20,10-19)11-6-2-1-3-7-11/h1-10,20H. The lowest BCUT2D eigenvalue weighted by atomic mass is 9.84. The molecule has 5 heteroatoms. The molecule has 2 aromatic rings. The maximum absolute atomic E-state index is 13.0. The molecule has 20 heavy (non-hydrogen) atoms.